The van der Waals surface area contributed by atoms with Crippen LogP contribution in [0.2, 0.25) is 0 Å². The number of rotatable bonds is 5. The van der Waals surface area contributed by atoms with Gasteiger partial charge in [-0.25, -0.2) is 8.42 Å². The molecule has 0 aliphatic rings. The highest BCUT2D eigenvalue weighted by Crippen LogP contribution is 2.23. The quantitative estimate of drug-likeness (QED) is 0.755. The second-order valence-electron chi connectivity index (χ2n) is 7.20. The molecule has 1 unspecified atom stereocenters. The van der Waals surface area contributed by atoms with Crippen LogP contribution >= 0.6 is 0 Å². The monoisotopic (exact) mass is 360 g/mol. The van der Waals surface area contributed by atoms with Crippen LogP contribution in [-0.2, 0) is 15.3 Å². The SMILES string of the molecule is CC(Oc1ccc(S(C)(=O)=O)cc1)C(=O)c1ccc(C(C)(C)C)cc1. The molecule has 0 heterocycles. The van der Waals surface area contributed by atoms with Crippen molar-refractivity contribution in [2.45, 2.75) is 44.1 Å². The van der Waals surface area contributed by atoms with Gasteiger partial charge >= 0.3 is 0 Å². The lowest BCUT2D eigenvalue weighted by molar-refractivity contribution is 0.0818. The summed E-state index contributed by atoms with van der Waals surface area (Å²) in [5.74, 6) is 0.340. The zero-order valence-corrected chi connectivity index (χ0v) is 16.1. The number of sulfone groups is 1. The van der Waals surface area contributed by atoms with Crippen LogP contribution in [0.5, 0.6) is 5.75 Å². The lowest BCUT2D eigenvalue weighted by Gasteiger charge is -2.19. The maximum Gasteiger partial charge on any atom is 0.202 e. The molecule has 0 spiro atoms. The summed E-state index contributed by atoms with van der Waals surface area (Å²) in [6.07, 6.45) is 0.487. The zero-order chi connectivity index (χ0) is 18.8. The molecule has 0 aliphatic heterocycles. The van der Waals surface area contributed by atoms with Gasteiger partial charge in [-0.1, -0.05) is 45.0 Å². The van der Waals surface area contributed by atoms with Crippen molar-refractivity contribution >= 4 is 15.6 Å². The van der Waals surface area contributed by atoms with Crippen molar-refractivity contribution in [3.63, 3.8) is 0 Å². The first-order valence-corrected chi connectivity index (χ1v) is 9.99. The van der Waals surface area contributed by atoms with Crippen molar-refractivity contribution in [1.29, 1.82) is 0 Å². The number of carbonyl (C=O) groups is 1. The number of ketones is 1. The highest BCUT2D eigenvalue weighted by atomic mass is 32.2. The van der Waals surface area contributed by atoms with Crippen molar-refractivity contribution in [1.82, 2.24) is 0 Å². The van der Waals surface area contributed by atoms with E-state index in [-0.39, 0.29) is 16.1 Å². The summed E-state index contributed by atoms with van der Waals surface area (Å²) in [7, 11) is -3.25. The number of benzene rings is 2. The summed E-state index contributed by atoms with van der Waals surface area (Å²) in [6.45, 7) is 8.05. The van der Waals surface area contributed by atoms with Crippen LogP contribution in [-0.4, -0.2) is 26.6 Å². The molecule has 0 saturated carbocycles. The van der Waals surface area contributed by atoms with Crippen LogP contribution in [0.15, 0.2) is 53.4 Å². The van der Waals surface area contributed by atoms with E-state index in [0.29, 0.717) is 11.3 Å². The number of Topliss-reactive ketones (excluding diaryl/α,β-unsaturated/α-hetero) is 1. The Bertz CT molecular complexity index is 842. The Hall–Kier alpha value is -2.14. The van der Waals surface area contributed by atoms with Crippen molar-refractivity contribution in [2.24, 2.45) is 0 Å². The fourth-order valence-corrected chi connectivity index (χ4v) is 3.02. The van der Waals surface area contributed by atoms with Gasteiger partial charge in [-0.15, -0.1) is 0 Å². The lowest BCUT2D eigenvalue weighted by atomic mass is 9.86. The molecule has 0 amide bonds. The van der Waals surface area contributed by atoms with Gasteiger partial charge in [0.2, 0.25) is 5.78 Å². The van der Waals surface area contributed by atoms with E-state index in [0.717, 1.165) is 11.8 Å². The number of hydrogen-bond donors (Lipinski definition) is 0. The third-order valence-electron chi connectivity index (χ3n) is 3.97. The predicted octanol–water partition coefficient (Wildman–Crippen LogP) is 4.04. The molecule has 2 rings (SSSR count). The summed E-state index contributed by atoms with van der Waals surface area (Å²) >= 11 is 0. The predicted molar refractivity (Wildman–Crippen MR) is 99.1 cm³/mol. The first-order valence-electron chi connectivity index (χ1n) is 8.10. The van der Waals surface area contributed by atoms with Crippen molar-refractivity contribution in [2.75, 3.05) is 6.26 Å². The van der Waals surface area contributed by atoms with Crippen molar-refractivity contribution in [3.8, 4) is 5.75 Å². The average Bonchev–Trinajstić information content (AvgIpc) is 2.53. The fraction of sp³-hybridized carbons (Fsp3) is 0.350. The minimum Gasteiger partial charge on any atom is -0.483 e. The summed E-state index contributed by atoms with van der Waals surface area (Å²) < 4.78 is 28.6. The molecule has 0 bridgehead atoms. The molecule has 0 N–H and O–H groups in total. The standard InChI is InChI=1S/C20H24O4S/c1-14(24-17-10-12-18(13-11-17)25(5,22)23)19(21)15-6-8-16(9-7-15)20(2,3)4/h6-14H,1-5H3. The van der Waals surface area contributed by atoms with Crippen LogP contribution in [0.3, 0.4) is 0 Å². The topological polar surface area (TPSA) is 60.4 Å². The third kappa shape index (κ3) is 4.92. The van der Waals surface area contributed by atoms with E-state index in [1.165, 1.54) is 12.1 Å². The molecule has 0 fully saturated rings. The average molecular weight is 360 g/mol. The second kappa shape index (κ2) is 7.00. The number of carbonyl (C=O) groups excluding carboxylic acids is 1. The van der Waals surface area contributed by atoms with Gasteiger partial charge in [-0.2, -0.15) is 0 Å². The van der Waals surface area contributed by atoms with Crippen LogP contribution < -0.4 is 4.74 Å². The van der Waals surface area contributed by atoms with Gasteiger partial charge in [-0.05, 0) is 42.2 Å². The minimum atomic E-state index is -3.25. The highest BCUT2D eigenvalue weighted by molar-refractivity contribution is 7.90. The van der Waals surface area contributed by atoms with E-state index < -0.39 is 15.9 Å². The fourth-order valence-electron chi connectivity index (χ4n) is 2.39. The first kappa shape index (κ1) is 19.2. The Morgan fingerprint density at radius 2 is 1.48 bits per heavy atom. The van der Waals surface area contributed by atoms with Crippen molar-refractivity contribution < 1.29 is 17.9 Å². The molecule has 0 aliphatic carbocycles. The highest BCUT2D eigenvalue weighted by Gasteiger charge is 2.19. The normalized spacial score (nSPS) is 13.3. The Balaban J connectivity index is 2.10. The molecular weight excluding hydrogens is 336 g/mol. The molecule has 0 saturated heterocycles. The molecule has 5 heteroatoms. The van der Waals surface area contributed by atoms with Crippen LogP contribution in [0.4, 0.5) is 0 Å². The van der Waals surface area contributed by atoms with Crippen molar-refractivity contribution in [3.05, 3.63) is 59.7 Å². The van der Waals surface area contributed by atoms with Gasteiger partial charge in [0.25, 0.3) is 0 Å². The summed E-state index contributed by atoms with van der Waals surface area (Å²) in [6, 6.07) is 13.6. The molecule has 1 atom stereocenters. The van der Waals surface area contributed by atoms with Gasteiger partial charge in [0, 0.05) is 11.8 Å². The van der Waals surface area contributed by atoms with E-state index in [1.54, 1.807) is 19.1 Å². The van der Waals surface area contributed by atoms with Crippen LogP contribution in [0.1, 0.15) is 43.6 Å². The lowest BCUT2D eigenvalue weighted by Crippen LogP contribution is -2.24. The van der Waals surface area contributed by atoms with Gasteiger partial charge in [0.1, 0.15) is 5.75 Å². The van der Waals surface area contributed by atoms with Crippen LogP contribution in [0, 0.1) is 0 Å². The molecule has 0 radical (unpaired) electrons. The molecule has 134 valence electrons. The third-order valence-corrected chi connectivity index (χ3v) is 5.10. The van der Waals surface area contributed by atoms with E-state index in [1.807, 2.05) is 24.3 Å². The van der Waals surface area contributed by atoms with E-state index >= 15 is 0 Å². The molecule has 2 aromatic carbocycles. The van der Waals surface area contributed by atoms with E-state index in [4.69, 9.17) is 4.74 Å². The molecule has 25 heavy (non-hydrogen) atoms. The summed E-state index contributed by atoms with van der Waals surface area (Å²) in [4.78, 5) is 12.7. The maximum atomic E-state index is 12.5. The minimum absolute atomic E-state index is 0.0328. The van der Waals surface area contributed by atoms with Gasteiger partial charge in [-0.3, -0.25) is 4.79 Å². The van der Waals surface area contributed by atoms with E-state index in [2.05, 4.69) is 20.8 Å². The Kier molecular flexibility index (Phi) is 5.37. The second-order valence-corrected chi connectivity index (χ2v) is 9.21. The van der Waals surface area contributed by atoms with Crippen LogP contribution in [0.25, 0.3) is 0 Å². The maximum absolute atomic E-state index is 12.5. The number of hydrogen-bond acceptors (Lipinski definition) is 4. The zero-order valence-electron chi connectivity index (χ0n) is 15.2. The summed E-state index contributed by atoms with van der Waals surface area (Å²) in [5.41, 5.74) is 1.78. The largest absolute Gasteiger partial charge is 0.483 e. The van der Waals surface area contributed by atoms with Gasteiger partial charge in [0.05, 0.1) is 4.90 Å². The molecular formula is C20H24O4S. The van der Waals surface area contributed by atoms with Gasteiger partial charge < -0.3 is 4.74 Å². The van der Waals surface area contributed by atoms with Gasteiger partial charge in [0.15, 0.2) is 15.9 Å². The molecule has 4 nitrogen and oxygen atoms in total. The Morgan fingerprint density at radius 1 is 0.960 bits per heavy atom. The first-order chi connectivity index (χ1) is 11.5. The molecule has 0 aromatic heterocycles. The number of ether oxygens (including phenoxy) is 1. The Labute approximate surface area is 149 Å². The molecule has 2 aromatic rings. The smallest absolute Gasteiger partial charge is 0.202 e. The Morgan fingerprint density at radius 3 is 1.92 bits per heavy atom. The van der Waals surface area contributed by atoms with E-state index in [9.17, 15) is 13.2 Å². The summed E-state index contributed by atoms with van der Waals surface area (Å²) in [5, 5.41) is 0.